The molecule has 1 aromatic carbocycles. The average Bonchev–Trinajstić information content (AvgIpc) is 2.68. The Balaban J connectivity index is 1.73. The van der Waals surface area contributed by atoms with Crippen molar-refractivity contribution in [3.05, 3.63) is 63.5 Å². The number of carbonyl (C=O) groups is 1. The lowest BCUT2D eigenvalue weighted by molar-refractivity contribution is 0.0740. The van der Waals surface area contributed by atoms with Crippen molar-refractivity contribution < 1.29 is 13.6 Å². The van der Waals surface area contributed by atoms with Gasteiger partial charge in [-0.2, -0.15) is 0 Å². The van der Waals surface area contributed by atoms with E-state index >= 15 is 0 Å². The van der Waals surface area contributed by atoms with Crippen molar-refractivity contribution >= 4 is 11.6 Å². The molecule has 2 heterocycles. The molecule has 5 nitrogen and oxygen atoms in total. The van der Waals surface area contributed by atoms with E-state index in [0.29, 0.717) is 43.2 Å². The quantitative estimate of drug-likeness (QED) is 0.781. The zero-order valence-corrected chi connectivity index (χ0v) is 16.7. The number of anilines is 1. The van der Waals surface area contributed by atoms with Crippen LogP contribution in [0.1, 0.15) is 54.3 Å². The van der Waals surface area contributed by atoms with E-state index in [1.165, 1.54) is 6.07 Å². The van der Waals surface area contributed by atoms with Gasteiger partial charge in [0.1, 0.15) is 17.1 Å². The van der Waals surface area contributed by atoms with Crippen LogP contribution >= 0.6 is 0 Å². The number of piperazine rings is 1. The van der Waals surface area contributed by atoms with Crippen LogP contribution in [0.2, 0.25) is 0 Å². The first kappa shape index (κ1) is 20.1. The van der Waals surface area contributed by atoms with E-state index in [-0.39, 0.29) is 23.2 Å². The van der Waals surface area contributed by atoms with Crippen molar-refractivity contribution in [2.45, 2.75) is 39.5 Å². The van der Waals surface area contributed by atoms with E-state index in [1.54, 1.807) is 30.0 Å². The fourth-order valence-electron chi connectivity index (χ4n) is 3.72. The van der Waals surface area contributed by atoms with Gasteiger partial charge in [0.25, 0.3) is 5.91 Å². The van der Waals surface area contributed by atoms with Gasteiger partial charge in [-0.15, -0.1) is 0 Å². The Morgan fingerprint density at radius 1 is 1.21 bits per heavy atom. The van der Waals surface area contributed by atoms with Gasteiger partial charge < -0.3 is 14.2 Å². The molecule has 1 amide bonds. The molecular formula is C22H27FN2O3. The highest BCUT2D eigenvalue weighted by molar-refractivity contribution is 5.95. The van der Waals surface area contributed by atoms with Crippen LogP contribution in [-0.4, -0.2) is 37.0 Å². The van der Waals surface area contributed by atoms with Crippen LogP contribution < -0.4 is 10.5 Å². The molecule has 150 valence electrons. The molecule has 0 bridgehead atoms. The van der Waals surface area contributed by atoms with Gasteiger partial charge in [0, 0.05) is 32.1 Å². The van der Waals surface area contributed by atoms with Crippen LogP contribution in [0.4, 0.5) is 10.1 Å². The summed E-state index contributed by atoms with van der Waals surface area (Å²) in [5, 5.41) is 0. The van der Waals surface area contributed by atoms with Gasteiger partial charge in [-0.25, -0.2) is 9.18 Å². The Kier molecular flexibility index (Phi) is 6.17. The number of rotatable bonds is 5. The number of para-hydroxylation sites is 1. The Labute approximate surface area is 164 Å². The third-order valence-electron chi connectivity index (χ3n) is 5.35. The summed E-state index contributed by atoms with van der Waals surface area (Å²) in [6.45, 7) is 7.78. The zero-order valence-electron chi connectivity index (χ0n) is 16.7. The molecule has 0 radical (unpaired) electrons. The van der Waals surface area contributed by atoms with Crippen molar-refractivity contribution in [1.82, 2.24) is 4.90 Å². The molecule has 1 atom stereocenters. The van der Waals surface area contributed by atoms with Crippen LogP contribution in [-0.2, 0) is 0 Å². The number of halogens is 1. The van der Waals surface area contributed by atoms with Crippen LogP contribution in [0.5, 0.6) is 0 Å². The normalized spacial score (nSPS) is 15.6. The Bertz CT molecular complexity index is 901. The first-order valence-electron chi connectivity index (χ1n) is 9.85. The minimum atomic E-state index is -0.570. The van der Waals surface area contributed by atoms with Crippen molar-refractivity contribution in [3.63, 3.8) is 0 Å². The van der Waals surface area contributed by atoms with E-state index in [2.05, 4.69) is 6.92 Å². The molecule has 0 aliphatic carbocycles. The van der Waals surface area contributed by atoms with Crippen molar-refractivity contribution in [2.75, 3.05) is 31.1 Å². The highest BCUT2D eigenvalue weighted by atomic mass is 19.1. The van der Waals surface area contributed by atoms with Gasteiger partial charge in [0.05, 0.1) is 5.69 Å². The van der Waals surface area contributed by atoms with E-state index in [4.69, 9.17) is 4.42 Å². The van der Waals surface area contributed by atoms with E-state index in [1.807, 2.05) is 17.9 Å². The molecule has 1 saturated heterocycles. The molecule has 28 heavy (non-hydrogen) atoms. The molecule has 1 aliphatic rings. The predicted molar refractivity (Wildman–Crippen MR) is 108 cm³/mol. The summed E-state index contributed by atoms with van der Waals surface area (Å²) in [6, 6.07) is 8.44. The van der Waals surface area contributed by atoms with E-state index in [0.717, 1.165) is 12.8 Å². The van der Waals surface area contributed by atoms with Gasteiger partial charge in [-0.05, 0) is 37.1 Å². The number of carbonyl (C=O) groups excluding carboxylic acids is 1. The molecule has 6 heteroatoms. The molecule has 0 saturated carbocycles. The summed E-state index contributed by atoms with van der Waals surface area (Å²) >= 11 is 0. The summed E-state index contributed by atoms with van der Waals surface area (Å²) in [6.07, 6.45) is 1.92. The molecule has 1 fully saturated rings. The molecule has 0 spiro atoms. The first-order chi connectivity index (χ1) is 13.4. The topological polar surface area (TPSA) is 53.8 Å². The lowest BCUT2D eigenvalue weighted by atomic mass is 10.00. The smallest absolute Gasteiger partial charge is 0.349 e. The Hall–Kier alpha value is -2.63. The molecule has 1 aliphatic heterocycles. The predicted octanol–water partition coefficient (Wildman–Crippen LogP) is 3.95. The molecule has 0 N–H and O–H groups in total. The largest absolute Gasteiger partial charge is 0.427 e. The van der Waals surface area contributed by atoms with Gasteiger partial charge in [0.15, 0.2) is 0 Å². The fraction of sp³-hybridized carbons (Fsp3) is 0.455. The van der Waals surface area contributed by atoms with Crippen molar-refractivity contribution in [1.29, 1.82) is 0 Å². The van der Waals surface area contributed by atoms with E-state index in [9.17, 15) is 14.0 Å². The van der Waals surface area contributed by atoms with Gasteiger partial charge in [0.2, 0.25) is 0 Å². The highest BCUT2D eigenvalue weighted by Gasteiger charge is 2.27. The van der Waals surface area contributed by atoms with Crippen LogP contribution in [0, 0.1) is 12.7 Å². The minimum Gasteiger partial charge on any atom is -0.427 e. The van der Waals surface area contributed by atoms with Crippen molar-refractivity contribution in [3.8, 4) is 0 Å². The fourth-order valence-corrected chi connectivity index (χ4v) is 3.72. The summed E-state index contributed by atoms with van der Waals surface area (Å²) in [5.41, 5.74) is 0.724. The second kappa shape index (κ2) is 8.59. The monoisotopic (exact) mass is 386 g/mol. The maximum atomic E-state index is 14.0. The van der Waals surface area contributed by atoms with Crippen LogP contribution in [0.25, 0.3) is 0 Å². The summed E-state index contributed by atoms with van der Waals surface area (Å²) < 4.78 is 19.4. The molecule has 1 unspecified atom stereocenters. The summed E-state index contributed by atoms with van der Waals surface area (Å²) in [5.74, 6) is 0.194. The SMILES string of the molecule is CCCC(C)c1cc(C)c(C(=O)N2CCN(c3ccccc3F)CC2)c(=O)o1. The van der Waals surface area contributed by atoms with Crippen LogP contribution in [0.15, 0.2) is 39.5 Å². The Morgan fingerprint density at radius 3 is 2.50 bits per heavy atom. The number of hydrogen-bond donors (Lipinski definition) is 0. The number of benzene rings is 1. The summed E-state index contributed by atoms with van der Waals surface area (Å²) in [4.78, 5) is 29.0. The number of aryl methyl sites for hydroxylation is 1. The Morgan fingerprint density at radius 2 is 1.89 bits per heavy atom. The average molecular weight is 386 g/mol. The molecule has 1 aromatic heterocycles. The second-order valence-corrected chi connectivity index (χ2v) is 7.41. The standard InChI is InChI=1S/C22H27FN2O3/c1-4-7-15(2)19-14-16(3)20(22(27)28-19)21(26)25-12-10-24(11-13-25)18-9-6-5-8-17(18)23/h5-6,8-9,14-15H,4,7,10-13H2,1-3H3. The lowest BCUT2D eigenvalue weighted by Crippen LogP contribution is -2.50. The maximum absolute atomic E-state index is 14.0. The van der Waals surface area contributed by atoms with Gasteiger partial charge in [-0.1, -0.05) is 32.4 Å². The molecule has 3 rings (SSSR count). The number of nitrogens with zero attached hydrogens (tertiary/aromatic N) is 2. The third kappa shape index (κ3) is 4.11. The second-order valence-electron chi connectivity index (χ2n) is 7.41. The number of hydrogen-bond acceptors (Lipinski definition) is 4. The van der Waals surface area contributed by atoms with E-state index < -0.39 is 5.63 Å². The molecule has 2 aromatic rings. The van der Waals surface area contributed by atoms with Crippen molar-refractivity contribution in [2.24, 2.45) is 0 Å². The summed E-state index contributed by atoms with van der Waals surface area (Å²) in [7, 11) is 0. The van der Waals surface area contributed by atoms with Gasteiger partial charge in [-0.3, -0.25) is 4.79 Å². The first-order valence-corrected chi connectivity index (χ1v) is 9.85. The number of amides is 1. The highest BCUT2D eigenvalue weighted by Crippen LogP contribution is 2.23. The van der Waals surface area contributed by atoms with Crippen LogP contribution in [0.3, 0.4) is 0 Å². The molecular weight excluding hydrogens is 359 g/mol. The minimum absolute atomic E-state index is 0.104. The maximum Gasteiger partial charge on any atom is 0.349 e. The lowest BCUT2D eigenvalue weighted by Gasteiger charge is -2.36. The van der Waals surface area contributed by atoms with Gasteiger partial charge >= 0.3 is 5.63 Å². The third-order valence-corrected chi connectivity index (χ3v) is 5.35. The zero-order chi connectivity index (χ0) is 20.3.